The second-order valence-corrected chi connectivity index (χ2v) is 6.62. The van der Waals surface area contributed by atoms with Gasteiger partial charge in [-0.15, -0.1) is 10.2 Å². The van der Waals surface area contributed by atoms with Crippen LogP contribution in [0, 0.1) is 0 Å². The third kappa shape index (κ3) is 2.38. The predicted octanol–water partition coefficient (Wildman–Crippen LogP) is 2.08. The molecule has 0 spiro atoms. The Hall–Kier alpha value is -3.00. The van der Waals surface area contributed by atoms with Crippen LogP contribution in [0.25, 0.3) is 16.4 Å². The van der Waals surface area contributed by atoms with Gasteiger partial charge in [0.25, 0.3) is 10.0 Å². The second kappa shape index (κ2) is 5.03. The van der Waals surface area contributed by atoms with E-state index in [2.05, 4.69) is 19.9 Å². The third-order valence-electron chi connectivity index (χ3n) is 3.47. The van der Waals surface area contributed by atoms with Crippen LogP contribution in [-0.2, 0) is 10.0 Å². The fourth-order valence-electron chi connectivity index (χ4n) is 2.43. The Balaban J connectivity index is 1.80. The van der Waals surface area contributed by atoms with E-state index >= 15 is 0 Å². The van der Waals surface area contributed by atoms with E-state index in [0.717, 1.165) is 5.39 Å². The van der Waals surface area contributed by atoms with Crippen molar-refractivity contribution >= 4 is 32.1 Å². The maximum Gasteiger partial charge on any atom is 0.262 e. The lowest BCUT2D eigenvalue weighted by Gasteiger charge is -2.10. The summed E-state index contributed by atoms with van der Waals surface area (Å²) in [6.45, 7) is 0. The van der Waals surface area contributed by atoms with Crippen molar-refractivity contribution in [1.29, 1.82) is 0 Å². The summed E-state index contributed by atoms with van der Waals surface area (Å²) in [5, 5.41) is 9.04. The van der Waals surface area contributed by atoms with E-state index in [0.29, 0.717) is 16.7 Å². The summed E-state index contributed by atoms with van der Waals surface area (Å²) in [6.07, 6.45) is 6.35. The molecular weight excluding hydrogens is 314 g/mol. The Morgan fingerprint density at radius 1 is 1.09 bits per heavy atom. The minimum Gasteiger partial charge on any atom is -0.287 e. The quantitative estimate of drug-likeness (QED) is 0.623. The second-order valence-electron chi connectivity index (χ2n) is 4.97. The van der Waals surface area contributed by atoms with E-state index in [4.69, 9.17) is 0 Å². The van der Waals surface area contributed by atoms with E-state index < -0.39 is 10.0 Å². The van der Waals surface area contributed by atoms with Crippen LogP contribution in [0.15, 0.2) is 66.2 Å². The van der Waals surface area contributed by atoms with Gasteiger partial charge in [-0.1, -0.05) is 12.1 Å². The van der Waals surface area contributed by atoms with Crippen molar-refractivity contribution < 1.29 is 8.42 Å². The number of benzene rings is 1. The highest BCUT2D eigenvalue weighted by Crippen LogP contribution is 2.24. The summed E-state index contributed by atoms with van der Waals surface area (Å²) in [7, 11) is -3.72. The average Bonchev–Trinajstić information content (AvgIpc) is 3.01. The number of pyridine rings is 2. The van der Waals surface area contributed by atoms with Gasteiger partial charge in [0.2, 0.25) is 0 Å². The number of sulfonamides is 1. The van der Waals surface area contributed by atoms with Crippen molar-refractivity contribution in [3.63, 3.8) is 0 Å². The molecule has 0 radical (unpaired) electrons. The molecule has 0 atom stereocenters. The molecule has 3 aromatic heterocycles. The Morgan fingerprint density at radius 3 is 2.91 bits per heavy atom. The van der Waals surface area contributed by atoms with Gasteiger partial charge in [0, 0.05) is 29.4 Å². The third-order valence-corrected chi connectivity index (χ3v) is 4.91. The Kier molecular flexibility index (Phi) is 2.98. The summed E-state index contributed by atoms with van der Waals surface area (Å²) in [6, 6.07) is 10.1. The first-order valence-electron chi connectivity index (χ1n) is 6.78. The summed E-state index contributed by atoms with van der Waals surface area (Å²) >= 11 is 0. The summed E-state index contributed by atoms with van der Waals surface area (Å²) < 4.78 is 29.7. The van der Waals surface area contributed by atoms with Gasteiger partial charge in [0.05, 0.1) is 10.6 Å². The van der Waals surface area contributed by atoms with Gasteiger partial charge < -0.3 is 0 Å². The molecule has 4 aromatic rings. The molecule has 4 rings (SSSR count). The fourth-order valence-corrected chi connectivity index (χ4v) is 3.70. The molecule has 0 aliphatic rings. The summed E-state index contributed by atoms with van der Waals surface area (Å²) in [4.78, 5) is 4.23. The number of aromatic nitrogens is 4. The van der Waals surface area contributed by atoms with Crippen molar-refractivity contribution in [2.24, 2.45) is 0 Å². The lowest BCUT2D eigenvalue weighted by molar-refractivity contribution is 0.602. The molecule has 0 fully saturated rings. The predicted molar refractivity (Wildman–Crippen MR) is 85.5 cm³/mol. The Bertz CT molecular complexity index is 1120. The Morgan fingerprint density at radius 2 is 2.00 bits per heavy atom. The van der Waals surface area contributed by atoms with Crippen LogP contribution in [0.5, 0.6) is 0 Å². The first-order chi connectivity index (χ1) is 11.1. The minimum atomic E-state index is -3.72. The zero-order valence-corrected chi connectivity index (χ0v) is 12.6. The number of anilines is 1. The molecule has 1 aromatic carbocycles. The molecule has 0 aliphatic heterocycles. The van der Waals surface area contributed by atoms with Crippen molar-refractivity contribution in [3.8, 4) is 0 Å². The SMILES string of the molecule is O=S(=O)(Nc1ccc2nncn2c1)c1cccc2cnccc12. The highest BCUT2D eigenvalue weighted by molar-refractivity contribution is 7.93. The van der Waals surface area contributed by atoms with Crippen molar-refractivity contribution in [3.05, 3.63) is 61.3 Å². The molecule has 23 heavy (non-hydrogen) atoms. The number of rotatable bonds is 3. The number of fused-ring (bicyclic) bond motifs is 2. The van der Waals surface area contributed by atoms with Gasteiger partial charge in [0.1, 0.15) is 6.33 Å². The molecule has 8 heteroatoms. The first kappa shape index (κ1) is 13.6. The number of hydrogen-bond acceptors (Lipinski definition) is 5. The molecule has 0 bridgehead atoms. The van der Waals surface area contributed by atoms with E-state index in [9.17, 15) is 8.42 Å². The van der Waals surface area contributed by atoms with Gasteiger partial charge in [-0.25, -0.2) is 8.42 Å². The zero-order valence-electron chi connectivity index (χ0n) is 11.8. The minimum absolute atomic E-state index is 0.209. The fraction of sp³-hybridized carbons (Fsp3) is 0. The van der Waals surface area contributed by atoms with Gasteiger partial charge in [-0.2, -0.15) is 0 Å². The molecule has 0 aliphatic carbocycles. The van der Waals surface area contributed by atoms with Crippen LogP contribution >= 0.6 is 0 Å². The molecular formula is C15H11N5O2S. The standard InChI is InChI=1S/C15H11N5O2S/c21-23(22,14-3-1-2-11-8-16-7-6-13(11)14)19-12-4-5-15-18-17-10-20(15)9-12/h1-10,19H. The number of nitrogens with zero attached hydrogens (tertiary/aromatic N) is 4. The highest BCUT2D eigenvalue weighted by Gasteiger charge is 2.17. The van der Waals surface area contributed by atoms with E-state index in [1.807, 2.05) is 6.07 Å². The number of nitrogens with one attached hydrogen (secondary N) is 1. The molecule has 0 saturated carbocycles. The summed E-state index contributed by atoms with van der Waals surface area (Å²) in [5.41, 5.74) is 1.08. The van der Waals surface area contributed by atoms with Crippen LogP contribution in [0.1, 0.15) is 0 Å². The smallest absolute Gasteiger partial charge is 0.262 e. The maximum absolute atomic E-state index is 12.7. The van der Waals surface area contributed by atoms with Crippen LogP contribution in [0.2, 0.25) is 0 Å². The first-order valence-corrected chi connectivity index (χ1v) is 8.27. The van der Waals surface area contributed by atoms with Crippen LogP contribution in [0.3, 0.4) is 0 Å². The van der Waals surface area contributed by atoms with E-state index in [-0.39, 0.29) is 4.90 Å². The Labute approximate surface area is 131 Å². The largest absolute Gasteiger partial charge is 0.287 e. The van der Waals surface area contributed by atoms with Crippen molar-refractivity contribution in [2.45, 2.75) is 4.90 Å². The lowest BCUT2D eigenvalue weighted by atomic mass is 10.2. The monoisotopic (exact) mass is 325 g/mol. The lowest BCUT2D eigenvalue weighted by Crippen LogP contribution is -2.13. The molecule has 1 N–H and O–H groups in total. The molecule has 0 amide bonds. The topological polar surface area (TPSA) is 89.2 Å². The van der Waals surface area contributed by atoms with Crippen molar-refractivity contribution in [1.82, 2.24) is 19.6 Å². The number of hydrogen-bond donors (Lipinski definition) is 1. The normalized spacial score (nSPS) is 11.8. The van der Waals surface area contributed by atoms with Gasteiger partial charge >= 0.3 is 0 Å². The van der Waals surface area contributed by atoms with E-state index in [1.165, 1.54) is 6.33 Å². The van der Waals surface area contributed by atoms with Gasteiger partial charge in [-0.05, 0) is 24.3 Å². The van der Waals surface area contributed by atoms with E-state index in [1.54, 1.807) is 53.3 Å². The van der Waals surface area contributed by atoms with Gasteiger partial charge in [-0.3, -0.25) is 14.1 Å². The molecule has 114 valence electrons. The maximum atomic E-state index is 12.7. The molecule has 0 saturated heterocycles. The van der Waals surface area contributed by atoms with Crippen LogP contribution in [-0.4, -0.2) is 28.0 Å². The van der Waals surface area contributed by atoms with Gasteiger partial charge in [0.15, 0.2) is 5.65 Å². The summed E-state index contributed by atoms with van der Waals surface area (Å²) in [5.74, 6) is 0. The highest BCUT2D eigenvalue weighted by atomic mass is 32.2. The van der Waals surface area contributed by atoms with Crippen LogP contribution in [0.4, 0.5) is 5.69 Å². The molecule has 7 nitrogen and oxygen atoms in total. The average molecular weight is 325 g/mol. The molecule has 3 heterocycles. The molecule has 0 unspecified atom stereocenters. The van der Waals surface area contributed by atoms with Crippen molar-refractivity contribution in [2.75, 3.05) is 4.72 Å². The zero-order chi connectivity index (χ0) is 15.9. The van der Waals surface area contributed by atoms with Crippen LogP contribution < -0.4 is 4.72 Å².